The number of hydrogen-bond acceptors (Lipinski definition) is 1. The normalized spacial score (nSPS) is 16.1. The zero-order chi connectivity index (χ0) is 12.8. The van der Waals surface area contributed by atoms with Crippen LogP contribution in [0.1, 0.15) is 25.7 Å². The first-order valence-electron chi connectivity index (χ1n) is 6.53. The summed E-state index contributed by atoms with van der Waals surface area (Å²) >= 11 is 0. The van der Waals surface area contributed by atoms with Gasteiger partial charge < -0.3 is 5.32 Å². The molecule has 3 nitrogen and oxygen atoms in total. The summed E-state index contributed by atoms with van der Waals surface area (Å²) < 4.78 is 0. The number of nitrogens with zero attached hydrogens (tertiary/aromatic N) is 1. The van der Waals surface area contributed by atoms with Crippen LogP contribution in [0, 0.1) is 5.92 Å². The number of nitrogens with one attached hydrogen (secondary N) is 1. The Labute approximate surface area is 108 Å². The third kappa shape index (κ3) is 3.36. The van der Waals surface area contributed by atoms with E-state index >= 15 is 0 Å². The van der Waals surface area contributed by atoms with Gasteiger partial charge >= 0.3 is 6.03 Å². The smallest absolute Gasteiger partial charge is 0.315 e. The molecular weight excluding hydrogens is 224 g/mol. The number of hydrogen-bond donors (Lipinski definition) is 1. The van der Waals surface area contributed by atoms with Gasteiger partial charge in [-0.2, -0.15) is 0 Å². The van der Waals surface area contributed by atoms with Gasteiger partial charge in [0.25, 0.3) is 0 Å². The SMILES string of the molecule is CN(C(=O)N/C=C/C1CCCC1)c1ccccc1. The fraction of sp³-hybridized carbons (Fsp3) is 0.400. The summed E-state index contributed by atoms with van der Waals surface area (Å²) in [7, 11) is 1.77. The molecule has 0 atom stereocenters. The van der Waals surface area contributed by atoms with Crippen LogP contribution in [0.2, 0.25) is 0 Å². The van der Waals surface area contributed by atoms with E-state index in [2.05, 4.69) is 11.4 Å². The van der Waals surface area contributed by atoms with Crippen LogP contribution in [-0.4, -0.2) is 13.1 Å². The zero-order valence-electron chi connectivity index (χ0n) is 10.8. The number of amides is 2. The lowest BCUT2D eigenvalue weighted by atomic mass is 10.1. The number of carbonyl (C=O) groups is 1. The zero-order valence-corrected chi connectivity index (χ0v) is 10.8. The maximum absolute atomic E-state index is 11.9. The van der Waals surface area contributed by atoms with Gasteiger partial charge in [-0.05, 0) is 30.9 Å². The topological polar surface area (TPSA) is 32.3 Å². The van der Waals surface area contributed by atoms with Gasteiger partial charge in [0.05, 0.1) is 0 Å². The van der Waals surface area contributed by atoms with Crippen LogP contribution in [0.4, 0.5) is 10.5 Å². The van der Waals surface area contributed by atoms with Gasteiger partial charge in [0.1, 0.15) is 0 Å². The minimum absolute atomic E-state index is 0.101. The molecule has 0 aromatic heterocycles. The van der Waals surface area contributed by atoms with Gasteiger partial charge in [0.15, 0.2) is 0 Å². The molecular formula is C15H20N2O. The van der Waals surface area contributed by atoms with Crippen molar-refractivity contribution in [3.05, 3.63) is 42.6 Å². The minimum Gasteiger partial charge on any atom is -0.315 e. The van der Waals surface area contributed by atoms with Crippen molar-refractivity contribution in [3.8, 4) is 0 Å². The summed E-state index contributed by atoms with van der Waals surface area (Å²) in [4.78, 5) is 13.5. The molecule has 18 heavy (non-hydrogen) atoms. The van der Waals surface area contributed by atoms with E-state index in [1.165, 1.54) is 25.7 Å². The molecule has 1 aromatic carbocycles. The standard InChI is InChI=1S/C15H20N2O/c1-17(14-9-3-2-4-10-14)15(18)16-12-11-13-7-5-6-8-13/h2-4,9-13H,5-8H2,1H3,(H,16,18)/b12-11+. The van der Waals surface area contributed by atoms with Crippen molar-refractivity contribution in [1.82, 2.24) is 5.32 Å². The highest BCUT2D eigenvalue weighted by molar-refractivity contribution is 5.91. The predicted octanol–water partition coefficient (Wildman–Crippen LogP) is 3.54. The van der Waals surface area contributed by atoms with Crippen molar-refractivity contribution < 1.29 is 4.79 Å². The lowest BCUT2D eigenvalue weighted by Crippen LogP contribution is -2.34. The van der Waals surface area contributed by atoms with Crippen molar-refractivity contribution in [2.75, 3.05) is 11.9 Å². The number of urea groups is 1. The third-order valence-corrected chi connectivity index (χ3v) is 3.42. The second-order valence-electron chi connectivity index (χ2n) is 4.75. The van der Waals surface area contributed by atoms with Crippen molar-refractivity contribution in [1.29, 1.82) is 0 Å². The number of anilines is 1. The molecule has 96 valence electrons. The Kier molecular flexibility index (Phi) is 4.40. The van der Waals surface area contributed by atoms with Crippen LogP contribution in [0.15, 0.2) is 42.6 Å². The van der Waals surface area contributed by atoms with Crippen LogP contribution in [0.25, 0.3) is 0 Å². The Balaban J connectivity index is 1.84. The largest absolute Gasteiger partial charge is 0.325 e. The van der Waals surface area contributed by atoms with Gasteiger partial charge in [-0.15, -0.1) is 0 Å². The van der Waals surface area contributed by atoms with E-state index in [1.54, 1.807) is 18.1 Å². The Morgan fingerprint density at radius 2 is 1.94 bits per heavy atom. The molecule has 0 bridgehead atoms. The molecule has 2 amide bonds. The number of benzene rings is 1. The Morgan fingerprint density at radius 3 is 2.61 bits per heavy atom. The number of rotatable bonds is 3. The summed E-state index contributed by atoms with van der Waals surface area (Å²) in [6.45, 7) is 0. The Bertz CT molecular complexity index is 408. The van der Waals surface area contributed by atoms with Crippen LogP contribution in [0.5, 0.6) is 0 Å². The molecule has 0 radical (unpaired) electrons. The second kappa shape index (κ2) is 6.24. The molecule has 2 rings (SSSR count). The van der Waals surface area contributed by atoms with Gasteiger partial charge in [-0.25, -0.2) is 4.79 Å². The van der Waals surface area contributed by atoms with E-state index in [1.807, 2.05) is 30.3 Å². The van der Waals surface area contributed by atoms with E-state index in [0.29, 0.717) is 5.92 Å². The minimum atomic E-state index is -0.101. The first-order chi connectivity index (χ1) is 8.77. The quantitative estimate of drug-likeness (QED) is 0.866. The van der Waals surface area contributed by atoms with E-state index in [4.69, 9.17) is 0 Å². The number of para-hydroxylation sites is 1. The van der Waals surface area contributed by atoms with E-state index in [0.717, 1.165) is 5.69 Å². The summed E-state index contributed by atoms with van der Waals surface area (Å²) in [6, 6.07) is 9.52. The predicted molar refractivity (Wildman–Crippen MR) is 74.5 cm³/mol. The summed E-state index contributed by atoms with van der Waals surface area (Å²) in [5.41, 5.74) is 0.893. The Hall–Kier alpha value is -1.77. The molecule has 0 heterocycles. The van der Waals surface area contributed by atoms with Gasteiger partial charge in [-0.1, -0.05) is 37.1 Å². The Morgan fingerprint density at radius 1 is 1.28 bits per heavy atom. The second-order valence-corrected chi connectivity index (χ2v) is 4.75. The first kappa shape index (κ1) is 12.7. The molecule has 1 N–H and O–H groups in total. The average molecular weight is 244 g/mol. The highest BCUT2D eigenvalue weighted by Gasteiger charge is 2.12. The highest BCUT2D eigenvalue weighted by Crippen LogP contribution is 2.25. The summed E-state index contributed by atoms with van der Waals surface area (Å²) in [5.74, 6) is 0.646. The van der Waals surface area contributed by atoms with E-state index < -0.39 is 0 Å². The molecule has 3 heteroatoms. The fourth-order valence-corrected chi connectivity index (χ4v) is 2.27. The molecule has 1 aliphatic carbocycles. The summed E-state index contributed by atoms with van der Waals surface area (Å²) in [5, 5.41) is 2.81. The van der Waals surface area contributed by atoms with Crippen molar-refractivity contribution >= 4 is 11.7 Å². The molecule has 0 unspecified atom stereocenters. The number of carbonyl (C=O) groups excluding carboxylic acids is 1. The first-order valence-corrected chi connectivity index (χ1v) is 6.53. The summed E-state index contributed by atoms with van der Waals surface area (Å²) in [6.07, 6.45) is 9.03. The van der Waals surface area contributed by atoms with Crippen LogP contribution >= 0.6 is 0 Å². The van der Waals surface area contributed by atoms with Crippen LogP contribution < -0.4 is 10.2 Å². The molecule has 0 spiro atoms. The lowest BCUT2D eigenvalue weighted by molar-refractivity contribution is 0.250. The highest BCUT2D eigenvalue weighted by atomic mass is 16.2. The maximum atomic E-state index is 11.9. The molecule has 1 aliphatic rings. The fourth-order valence-electron chi connectivity index (χ4n) is 2.27. The molecule has 0 aliphatic heterocycles. The van der Waals surface area contributed by atoms with Crippen LogP contribution in [-0.2, 0) is 0 Å². The maximum Gasteiger partial charge on any atom is 0.325 e. The van der Waals surface area contributed by atoms with Gasteiger partial charge in [0, 0.05) is 18.9 Å². The number of allylic oxidation sites excluding steroid dienone is 1. The molecule has 1 fully saturated rings. The molecule has 1 aromatic rings. The van der Waals surface area contributed by atoms with E-state index in [9.17, 15) is 4.79 Å². The van der Waals surface area contributed by atoms with Crippen LogP contribution in [0.3, 0.4) is 0 Å². The monoisotopic (exact) mass is 244 g/mol. The van der Waals surface area contributed by atoms with E-state index in [-0.39, 0.29) is 6.03 Å². The van der Waals surface area contributed by atoms with Crippen molar-refractivity contribution in [2.45, 2.75) is 25.7 Å². The molecule has 0 saturated heterocycles. The lowest BCUT2D eigenvalue weighted by Gasteiger charge is -2.16. The molecule has 1 saturated carbocycles. The van der Waals surface area contributed by atoms with Gasteiger partial charge in [-0.3, -0.25) is 4.90 Å². The average Bonchev–Trinajstić information content (AvgIpc) is 2.92. The third-order valence-electron chi connectivity index (χ3n) is 3.42. The van der Waals surface area contributed by atoms with Crippen molar-refractivity contribution in [3.63, 3.8) is 0 Å². The van der Waals surface area contributed by atoms with Crippen molar-refractivity contribution in [2.24, 2.45) is 5.92 Å². The van der Waals surface area contributed by atoms with Gasteiger partial charge in [0.2, 0.25) is 0 Å².